The van der Waals surface area contributed by atoms with E-state index in [1.807, 2.05) is 58.9 Å². The first kappa shape index (κ1) is 89.7. The number of hydrogen-bond donors (Lipinski definition) is 13. The van der Waals surface area contributed by atoms with Crippen LogP contribution in [0.3, 0.4) is 0 Å². The van der Waals surface area contributed by atoms with Gasteiger partial charge in [-0.1, -0.05) is 65.3 Å². The largest absolute Gasteiger partial charge is 0.480 e. The van der Waals surface area contributed by atoms with E-state index in [4.69, 9.17) is 4.84 Å². The molecule has 0 aromatic heterocycles. The Morgan fingerprint density at radius 2 is 0.718 bits per heavy atom. The molecule has 34 heteroatoms. The molecule has 2 saturated heterocycles. The first-order chi connectivity index (χ1) is 48.5. The van der Waals surface area contributed by atoms with E-state index in [0.29, 0.717) is 6.42 Å². The molecular weight excluding hydrogens is 1350 g/mol. The molecular formula is C69H117N13O21. The zero-order valence-electron chi connectivity index (χ0n) is 61.9. The second kappa shape index (κ2) is 45.6. The molecule has 34 nitrogen and oxygen atoms in total. The number of nitrogens with one attached hydrogen (secondary N) is 5. The summed E-state index contributed by atoms with van der Waals surface area (Å²) in [4.78, 5) is 173. The minimum absolute atomic E-state index is 0.00111. The highest BCUT2D eigenvalue weighted by Gasteiger charge is 2.36. The number of benzene rings is 1. The molecule has 2 fully saturated rings. The van der Waals surface area contributed by atoms with Gasteiger partial charge in [0.05, 0.1) is 12.6 Å². The standard InChI is InChI=1S/C69H117N13O21/c1-12-44(4)45(5)60(85)74-55(39-43(2)3)61(86)71-40-52-13-15-53(16-14-52)41-72-103-42-54(73-59(84)20-18-57(69(101)102)82-37-33-79(50(10)66(95)96)29-25-76(47(7)63(89)90)26-30-80(34-38-82)51(11)67(97)98)21-22-70-58(83)19-17-56(68(99)100)81-35-31-77(48(8)64(91)92)27-23-75(46(6)62(87)88)24-28-78(32-36-81)49(9)65(93)94/h13-16,43-51,54-57,72H,12,17-42H2,1-11H3,(H,70,83)(H,71,86)(H,73,84)(H,74,85)(H,87,88)(H,89,90)(H,91,92)(H,93,94)(H,95,96)(H,97,98)(H,99,100)(H,101,102)/t44?,45-,46?,47?,48?,49?,50?,51?,54-,55-,56?,57?/m0/s1. The first-order valence-electron chi connectivity index (χ1n) is 35.8. The van der Waals surface area contributed by atoms with Crippen LogP contribution in [0.2, 0.25) is 0 Å². The van der Waals surface area contributed by atoms with Crippen molar-refractivity contribution in [1.82, 2.24) is 65.9 Å². The smallest absolute Gasteiger partial charge is 0.320 e. The summed E-state index contributed by atoms with van der Waals surface area (Å²) >= 11 is 0. The third-order valence-electron chi connectivity index (χ3n) is 20.2. The number of amides is 4. The Labute approximate surface area is 604 Å². The highest BCUT2D eigenvalue weighted by Crippen LogP contribution is 2.19. The van der Waals surface area contributed by atoms with Crippen molar-refractivity contribution in [3.8, 4) is 0 Å². The van der Waals surface area contributed by atoms with E-state index in [2.05, 4.69) is 26.7 Å². The van der Waals surface area contributed by atoms with Crippen molar-refractivity contribution in [3.63, 3.8) is 0 Å². The average Bonchev–Trinajstić information content (AvgIpc) is 0.867. The Morgan fingerprint density at radius 1 is 0.398 bits per heavy atom. The molecule has 3 rings (SSSR count). The molecule has 2 aliphatic rings. The summed E-state index contributed by atoms with van der Waals surface area (Å²) in [5.74, 6) is -11.3. The summed E-state index contributed by atoms with van der Waals surface area (Å²) < 4.78 is 0. The lowest BCUT2D eigenvalue weighted by molar-refractivity contribution is -0.147. The lowest BCUT2D eigenvalue weighted by atomic mass is 9.92. The highest BCUT2D eigenvalue weighted by molar-refractivity contribution is 5.88. The number of hydrogen-bond acceptors (Lipinski definition) is 22. The van der Waals surface area contributed by atoms with Gasteiger partial charge in [0.15, 0.2) is 0 Å². The van der Waals surface area contributed by atoms with Crippen LogP contribution in [0.1, 0.15) is 132 Å². The molecule has 4 amide bonds. The Hall–Kier alpha value is -7.54. The van der Waals surface area contributed by atoms with Crippen LogP contribution in [-0.4, -0.2) is 330 Å². The molecule has 0 bridgehead atoms. The summed E-state index contributed by atoms with van der Waals surface area (Å²) in [5, 5.41) is 93.1. The van der Waals surface area contributed by atoms with E-state index in [9.17, 15) is 98.4 Å². The zero-order chi connectivity index (χ0) is 77.4. The SMILES string of the molecule is CCC(C)[C@H](C)C(=O)N[C@@H](CC(C)C)C(=O)NCc1ccc(CNOC[C@H](CCNC(=O)CCC(C(=O)O)N2CCN(C(C)C(=O)O)CCN(C(C)C(=O)O)CCN(C(C)C(=O)O)CC2)NC(=O)CCC(C(=O)O)N2CCN(C(C)C(=O)O)CCN(C(C)C(=O)O)CCN(C(C)C(=O)O)CC2)cc1. The van der Waals surface area contributed by atoms with Crippen molar-refractivity contribution >= 4 is 71.4 Å². The van der Waals surface area contributed by atoms with Crippen molar-refractivity contribution in [2.45, 2.75) is 195 Å². The maximum atomic E-state index is 14.1. The zero-order valence-corrected chi connectivity index (χ0v) is 61.9. The van der Waals surface area contributed by atoms with Crippen LogP contribution in [0.4, 0.5) is 0 Å². The average molecular weight is 1460 g/mol. The second-order valence-corrected chi connectivity index (χ2v) is 27.6. The topological polar surface area (TPSA) is 462 Å². The highest BCUT2D eigenvalue weighted by atomic mass is 16.6. The van der Waals surface area contributed by atoms with Gasteiger partial charge in [-0.2, -0.15) is 5.48 Å². The van der Waals surface area contributed by atoms with E-state index < -0.39 is 120 Å². The first-order valence-corrected chi connectivity index (χ1v) is 35.8. The van der Waals surface area contributed by atoms with Gasteiger partial charge in [0.25, 0.3) is 0 Å². The summed E-state index contributed by atoms with van der Waals surface area (Å²) in [5.41, 5.74) is 4.41. The fraction of sp³-hybridized carbons (Fsp3) is 0.739. The predicted molar refractivity (Wildman–Crippen MR) is 377 cm³/mol. The van der Waals surface area contributed by atoms with E-state index in [1.54, 1.807) is 39.2 Å². The van der Waals surface area contributed by atoms with E-state index >= 15 is 0 Å². The van der Waals surface area contributed by atoms with Crippen molar-refractivity contribution < 1.29 is 103 Å². The molecule has 1 aromatic carbocycles. The summed E-state index contributed by atoms with van der Waals surface area (Å²) in [7, 11) is 0. The number of carboxylic acids is 8. The minimum Gasteiger partial charge on any atom is -0.480 e. The Morgan fingerprint density at radius 3 is 1.03 bits per heavy atom. The molecule has 584 valence electrons. The lowest BCUT2D eigenvalue weighted by Crippen LogP contribution is -2.55. The van der Waals surface area contributed by atoms with E-state index in [1.165, 1.54) is 41.5 Å². The molecule has 2 aliphatic heterocycles. The van der Waals surface area contributed by atoms with Gasteiger partial charge >= 0.3 is 47.8 Å². The van der Waals surface area contributed by atoms with Gasteiger partial charge in [-0.25, -0.2) is 0 Å². The number of hydroxylamine groups is 1. The predicted octanol–water partition coefficient (Wildman–Crippen LogP) is 0.277. The maximum Gasteiger partial charge on any atom is 0.320 e. The second-order valence-electron chi connectivity index (χ2n) is 27.6. The van der Waals surface area contributed by atoms with Gasteiger partial charge in [-0.05, 0) is 90.2 Å². The van der Waals surface area contributed by atoms with E-state index in [-0.39, 0.29) is 193 Å². The number of aliphatic carboxylic acids is 8. The molecule has 9 unspecified atom stereocenters. The maximum absolute atomic E-state index is 14.1. The minimum atomic E-state index is -1.35. The van der Waals surface area contributed by atoms with Gasteiger partial charge in [0.1, 0.15) is 54.4 Å². The van der Waals surface area contributed by atoms with Gasteiger partial charge in [0, 0.05) is 143 Å². The van der Waals surface area contributed by atoms with Crippen LogP contribution in [0.15, 0.2) is 24.3 Å². The molecule has 0 saturated carbocycles. The van der Waals surface area contributed by atoms with Crippen LogP contribution in [0.25, 0.3) is 0 Å². The Balaban J connectivity index is 1.89. The Bertz CT molecular complexity index is 2840. The quantitative estimate of drug-likeness (QED) is 0.0310. The molecule has 2 heterocycles. The van der Waals surface area contributed by atoms with Crippen molar-refractivity contribution in [2.24, 2.45) is 17.8 Å². The molecule has 1 aromatic rings. The Kier molecular flexibility index (Phi) is 39.7. The fourth-order valence-electron chi connectivity index (χ4n) is 12.3. The van der Waals surface area contributed by atoms with E-state index in [0.717, 1.165) is 17.5 Å². The van der Waals surface area contributed by atoms with Crippen LogP contribution >= 0.6 is 0 Å². The summed E-state index contributed by atoms with van der Waals surface area (Å²) in [6, 6.07) is -3.28. The van der Waals surface area contributed by atoms with Crippen molar-refractivity contribution in [3.05, 3.63) is 35.4 Å². The number of carbonyl (C=O) groups excluding carboxylic acids is 4. The third-order valence-corrected chi connectivity index (χ3v) is 20.2. The fourth-order valence-corrected chi connectivity index (χ4v) is 12.3. The number of nitrogens with zero attached hydrogens (tertiary/aromatic N) is 8. The molecule has 12 atom stereocenters. The number of rotatable bonds is 40. The van der Waals surface area contributed by atoms with Crippen LogP contribution in [0, 0.1) is 17.8 Å². The molecule has 13 N–H and O–H groups in total. The lowest BCUT2D eigenvalue weighted by Gasteiger charge is -2.38. The number of carbonyl (C=O) groups is 12. The van der Waals surface area contributed by atoms with Gasteiger partial charge in [0.2, 0.25) is 23.6 Å². The van der Waals surface area contributed by atoms with Crippen LogP contribution in [-0.2, 0) is 75.5 Å². The van der Waals surface area contributed by atoms with Crippen molar-refractivity contribution in [1.29, 1.82) is 0 Å². The van der Waals surface area contributed by atoms with Gasteiger partial charge in [-0.3, -0.25) is 102 Å². The molecule has 103 heavy (non-hydrogen) atoms. The monoisotopic (exact) mass is 1460 g/mol. The summed E-state index contributed by atoms with van der Waals surface area (Å²) in [6.07, 6.45) is 0.0658. The number of carboxylic acid groups (broad SMARTS) is 8. The van der Waals surface area contributed by atoms with Gasteiger partial charge in [-0.15, -0.1) is 0 Å². The van der Waals surface area contributed by atoms with Gasteiger partial charge < -0.3 is 62.1 Å². The molecule has 0 aliphatic carbocycles. The summed E-state index contributed by atoms with van der Waals surface area (Å²) in [6.45, 7) is 19.1. The van der Waals surface area contributed by atoms with Crippen LogP contribution < -0.4 is 26.7 Å². The van der Waals surface area contributed by atoms with Crippen LogP contribution in [0.5, 0.6) is 0 Å². The molecule has 0 radical (unpaired) electrons. The molecule has 0 spiro atoms. The normalized spacial score (nSPS) is 19.8. The van der Waals surface area contributed by atoms with Crippen molar-refractivity contribution in [2.75, 3.05) is 118 Å². The third kappa shape index (κ3) is 31.4.